The zero-order chi connectivity index (χ0) is 17.6. The fraction of sp³-hybridized carbons (Fsp3) is 0.476. The molecule has 1 aromatic heterocycles. The number of methoxy groups -OCH3 is 1. The molecule has 0 spiro atoms. The van der Waals surface area contributed by atoms with Gasteiger partial charge in [0.15, 0.2) is 0 Å². The van der Waals surface area contributed by atoms with E-state index in [1.807, 2.05) is 12.1 Å². The number of carbonyl (C=O) groups is 1. The maximum Gasteiger partial charge on any atom is 0.309 e. The molecule has 0 saturated heterocycles. The molecule has 0 atom stereocenters. The molecule has 1 fully saturated rings. The Kier molecular flexibility index (Phi) is 5.79. The fourth-order valence-electron chi connectivity index (χ4n) is 3.44. The van der Waals surface area contributed by atoms with Crippen LogP contribution in [0.3, 0.4) is 0 Å². The van der Waals surface area contributed by atoms with Crippen molar-refractivity contribution in [1.29, 1.82) is 0 Å². The number of ether oxygens (including phenoxy) is 1. The highest BCUT2D eigenvalue weighted by Crippen LogP contribution is 2.32. The van der Waals surface area contributed by atoms with E-state index in [4.69, 9.17) is 14.7 Å². The van der Waals surface area contributed by atoms with Crippen LogP contribution in [0.25, 0.3) is 0 Å². The van der Waals surface area contributed by atoms with Crippen LogP contribution in [0, 0.1) is 0 Å². The van der Waals surface area contributed by atoms with Crippen LogP contribution >= 0.6 is 0 Å². The molecule has 1 aromatic carbocycles. The van der Waals surface area contributed by atoms with Gasteiger partial charge in [0.2, 0.25) is 0 Å². The maximum atomic E-state index is 11.4. The molecular formula is C21H26N2O2. The van der Waals surface area contributed by atoms with E-state index in [2.05, 4.69) is 25.1 Å². The van der Waals surface area contributed by atoms with Crippen molar-refractivity contribution < 1.29 is 9.53 Å². The van der Waals surface area contributed by atoms with Crippen molar-refractivity contribution >= 4 is 5.97 Å². The second kappa shape index (κ2) is 8.24. The monoisotopic (exact) mass is 338 g/mol. The number of aryl methyl sites for hydroxylation is 1. The topological polar surface area (TPSA) is 52.1 Å². The Bertz CT molecular complexity index is 719. The molecule has 4 heteroatoms. The largest absolute Gasteiger partial charge is 0.469 e. The Balaban J connectivity index is 1.75. The lowest BCUT2D eigenvalue weighted by Crippen LogP contribution is -2.07. The van der Waals surface area contributed by atoms with E-state index in [0.717, 1.165) is 35.6 Å². The molecule has 4 nitrogen and oxygen atoms in total. The van der Waals surface area contributed by atoms with Crippen LogP contribution in [0.2, 0.25) is 0 Å². The van der Waals surface area contributed by atoms with Gasteiger partial charge in [0.1, 0.15) is 5.82 Å². The molecule has 132 valence electrons. The molecule has 0 unspecified atom stereocenters. The van der Waals surface area contributed by atoms with Gasteiger partial charge in [-0.25, -0.2) is 9.97 Å². The first kappa shape index (κ1) is 17.6. The third-order valence-corrected chi connectivity index (χ3v) is 4.92. The minimum absolute atomic E-state index is 0.211. The van der Waals surface area contributed by atoms with Gasteiger partial charge >= 0.3 is 5.97 Å². The summed E-state index contributed by atoms with van der Waals surface area (Å²) in [6.07, 6.45) is 7.07. The van der Waals surface area contributed by atoms with Gasteiger partial charge in [-0.1, -0.05) is 44.0 Å². The van der Waals surface area contributed by atoms with Gasteiger partial charge in [-0.15, -0.1) is 0 Å². The molecule has 1 heterocycles. The molecule has 0 aliphatic heterocycles. The van der Waals surface area contributed by atoms with Crippen molar-refractivity contribution in [3.8, 4) is 0 Å². The lowest BCUT2D eigenvalue weighted by molar-refractivity contribution is -0.139. The highest BCUT2D eigenvalue weighted by atomic mass is 16.5. The number of esters is 1. The Labute approximate surface area is 149 Å². The van der Waals surface area contributed by atoms with Crippen LogP contribution in [0.15, 0.2) is 30.3 Å². The molecule has 3 rings (SSSR count). The van der Waals surface area contributed by atoms with E-state index in [1.165, 1.54) is 38.4 Å². The van der Waals surface area contributed by atoms with Gasteiger partial charge in [0, 0.05) is 23.7 Å². The average Bonchev–Trinajstić information content (AvgIpc) is 3.17. The van der Waals surface area contributed by atoms with Gasteiger partial charge in [0.05, 0.1) is 13.5 Å². The van der Waals surface area contributed by atoms with E-state index in [0.29, 0.717) is 12.3 Å². The summed E-state index contributed by atoms with van der Waals surface area (Å²) in [5.74, 6) is 1.36. The smallest absolute Gasteiger partial charge is 0.309 e. The van der Waals surface area contributed by atoms with E-state index < -0.39 is 0 Å². The minimum Gasteiger partial charge on any atom is -0.469 e. The lowest BCUT2D eigenvalue weighted by atomic mass is 10.0. The maximum absolute atomic E-state index is 11.4. The Hall–Kier alpha value is -2.23. The molecule has 0 amide bonds. The Morgan fingerprint density at radius 2 is 1.72 bits per heavy atom. The first-order chi connectivity index (χ1) is 12.2. The number of hydrogen-bond acceptors (Lipinski definition) is 4. The van der Waals surface area contributed by atoms with E-state index in [1.54, 1.807) is 0 Å². The first-order valence-electron chi connectivity index (χ1n) is 9.19. The first-order valence-corrected chi connectivity index (χ1v) is 9.19. The molecular weight excluding hydrogens is 312 g/mol. The van der Waals surface area contributed by atoms with Gasteiger partial charge < -0.3 is 4.74 Å². The molecule has 0 N–H and O–H groups in total. The zero-order valence-electron chi connectivity index (χ0n) is 15.1. The van der Waals surface area contributed by atoms with Crippen molar-refractivity contribution in [3.05, 3.63) is 58.7 Å². The van der Waals surface area contributed by atoms with Crippen LogP contribution < -0.4 is 0 Å². The third-order valence-electron chi connectivity index (χ3n) is 4.92. The fourth-order valence-corrected chi connectivity index (χ4v) is 3.44. The van der Waals surface area contributed by atoms with Crippen molar-refractivity contribution in [2.75, 3.05) is 7.11 Å². The predicted octanol–water partition coefficient (Wildman–Crippen LogP) is 4.00. The van der Waals surface area contributed by atoms with Crippen molar-refractivity contribution in [3.63, 3.8) is 0 Å². The van der Waals surface area contributed by atoms with Crippen LogP contribution in [0.5, 0.6) is 0 Å². The molecule has 1 aliphatic rings. The van der Waals surface area contributed by atoms with Crippen LogP contribution in [-0.2, 0) is 28.8 Å². The van der Waals surface area contributed by atoms with E-state index >= 15 is 0 Å². The summed E-state index contributed by atoms with van der Waals surface area (Å²) in [5.41, 5.74) is 4.40. The van der Waals surface area contributed by atoms with Crippen LogP contribution in [-0.4, -0.2) is 23.0 Å². The summed E-state index contributed by atoms with van der Waals surface area (Å²) < 4.78 is 4.71. The number of hydrogen-bond donors (Lipinski definition) is 0. The summed E-state index contributed by atoms with van der Waals surface area (Å²) in [7, 11) is 1.42. The lowest BCUT2D eigenvalue weighted by Gasteiger charge is -2.12. The van der Waals surface area contributed by atoms with Crippen molar-refractivity contribution in [2.24, 2.45) is 0 Å². The number of rotatable bonds is 6. The summed E-state index contributed by atoms with van der Waals surface area (Å²) in [4.78, 5) is 21.0. The summed E-state index contributed by atoms with van der Waals surface area (Å²) in [6.45, 7) is 2.14. The Morgan fingerprint density at radius 3 is 2.36 bits per heavy atom. The van der Waals surface area contributed by atoms with Gasteiger partial charge in [-0.05, 0) is 36.5 Å². The minimum atomic E-state index is -0.211. The third kappa shape index (κ3) is 4.65. The van der Waals surface area contributed by atoms with Gasteiger partial charge in [0.25, 0.3) is 0 Å². The normalized spacial score (nSPS) is 14.6. The van der Waals surface area contributed by atoms with E-state index in [9.17, 15) is 4.79 Å². The highest BCUT2D eigenvalue weighted by molar-refractivity contribution is 5.72. The number of benzene rings is 1. The molecule has 1 saturated carbocycles. The van der Waals surface area contributed by atoms with Crippen LogP contribution in [0.1, 0.15) is 66.9 Å². The molecule has 25 heavy (non-hydrogen) atoms. The highest BCUT2D eigenvalue weighted by Gasteiger charge is 2.20. The van der Waals surface area contributed by atoms with E-state index in [-0.39, 0.29) is 5.97 Å². The molecule has 0 radical (unpaired) electrons. The predicted molar refractivity (Wildman–Crippen MR) is 97.6 cm³/mol. The SMILES string of the molecule is CCc1cc(Cc2ccc(CC(=O)OC)cc2)nc(C2CCCC2)n1. The van der Waals surface area contributed by atoms with Gasteiger partial charge in [-0.3, -0.25) is 4.79 Å². The van der Waals surface area contributed by atoms with Gasteiger partial charge in [-0.2, -0.15) is 0 Å². The summed E-state index contributed by atoms with van der Waals surface area (Å²) >= 11 is 0. The Morgan fingerprint density at radius 1 is 1.08 bits per heavy atom. The molecule has 1 aliphatic carbocycles. The standard InChI is InChI=1S/C21H26N2O2/c1-3-18-14-19(23-21(22-18)17-6-4-5-7-17)12-15-8-10-16(11-9-15)13-20(24)25-2/h8-11,14,17H,3-7,12-13H2,1-2H3. The second-order valence-electron chi connectivity index (χ2n) is 6.79. The number of aromatic nitrogens is 2. The zero-order valence-corrected chi connectivity index (χ0v) is 15.1. The average molecular weight is 338 g/mol. The summed E-state index contributed by atoms with van der Waals surface area (Å²) in [5, 5.41) is 0. The molecule has 0 bridgehead atoms. The quantitative estimate of drug-likeness (QED) is 0.747. The molecule has 2 aromatic rings. The van der Waals surface area contributed by atoms with Crippen molar-refractivity contribution in [1.82, 2.24) is 9.97 Å². The number of nitrogens with zero attached hydrogens (tertiary/aromatic N) is 2. The summed E-state index contributed by atoms with van der Waals surface area (Å²) in [6, 6.07) is 10.3. The van der Waals surface area contributed by atoms with Crippen molar-refractivity contribution in [2.45, 2.75) is 57.8 Å². The number of carbonyl (C=O) groups excluding carboxylic acids is 1. The second-order valence-corrected chi connectivity index (χ2v) is 6.79. The van der Waals surface area contributed by atoms with Crippen LogP contribution in [0.4, 0.5) is 0 Å².